The molecule has 0 fully saturated rings. The second kappa shape index (κ2) is 6.25. The largest absolute Gasteiger partial charge is 0.366 e. The van der Waals surface area contributed by atoms with Crippen LogP contribution >= 0.6 is 10.7 Å². The lowest BCUT2D eigenvalue weighted by Crippen LogP contribution is -2.27. The maximum absolute atomic E-state index is 13.7. The van der Waals surface area contributed by atoms with Crippen molar-refractivity contribution in [2.45, 2.75) is 31.3 Å². The van der Waals surface area contributed by atoms with Crippen LogP contribution in [0.25, 0.3) is 0 Å². The number of halogens is 3. The van der Waals surface area contributed by atoms with Crippen molar-refractivity contribution in [2.24, 2.45) is 0 Å². The lowest BCUT2D eigenvalue weighted by molar-refractivity contribution is -0.125. The van der Waals surface area contributed by atoms with E-state index in [-0.39, 0.29) is 0 Å². The maximum Gasteiger partial charge on any atom is 0.261 e. The molecule has 118 valence electrons. The van der Waals surface area contributed by atoms with Gasteiger partial charge in [-0.05, 0) is 32.9 Å². The predicted molar refractivity (Wildman–Crippen MR) is 73.7 cm³/mol. The molecular formula is C12H14ClF2NO4S. The van der Waals surface area contributed by atoms with Crippen molar-refractivity contribution in [1.29, 1.82) is 0 Å². The third-order valence-corrected chi connectivity index (χ3v) is 3.53. The highest BCUT2D eigenvalue weighted by Crippen LogP contribution is 2.25. The Morgan fingerprint density at radius 1 is 1.29 bits per heavy atom. The van der Waals surface area contributed by atoms with Gasteiger partial charge in [-0.3, -0.25) is 4.79 Å². The number of carbonyl (C=O) groups excluding carboxylic acids is 1. The molecule has 0 saturated carbocycles. The Bertz CT molecular complexity index is 633. The van der Waals surface area contributed by atoms with E-state index < -0.39 is 49.4 Å². The Labute approximate surface area is 125 Å². The molecular weight excluding hydrogens is 328 g/mol. The smallest absolute Gasteiger partial charge is 0.261 e. The molecule has 21 heavy (non-hydrogen) atoms. The van der Waals surface area contributed by atoms with Crippen molar-refractivity contribution < 1.29 is 26.7 Å². The number of nitrogens with one attached hydrogen (secondary N) is 1. The Kier molecular flexibility index (Phi) is 5.30. The van der Waals surface area contributed by atoms with Crippen LogP contribution in [-0.4, -0.2) is 26.5 Å². The standard InChI is InChI=1S/C12H14ClF2NO4S/c1-12(2,3)20-6-10(17)16-11-8(14)4-7(5-9(11)15)21(13,18)19/h4-5H,6H2,1-3H3,(H,16,17). The molecule has 1 aromatic carbocycles. The van der Waals surface area contributed by atoms with Crippen LogP contribution in [0.1, 0.15) is 20.8 Å². The Morgan fingerprint density at radius 3 is 2.14 bits per heavy atom. The first-order valence-corrected chi connectivity index (χ1v) is 8.08. The highest BCUT2D eigenvalue weighted by molar-refractivity contribution is 8.13. The number of rotatable bonds is 4. The molecule has 0 aliphatic carbocycles. The molecule has 0 radical (unpaired) electrons. The average Bonchev–Trinajstić information content (AvgIpc) is 2.29. The fourth-order valence-electron chi connectivity index (χ4n) is 1.27. The van der Waals surface area contributed by atoms with Gasteiger partial charge in [-0.2, -0.15) is 0 Å². The van der Waals surface area contributed by atoms with E-state index in [1.54, 1.807) is 20.8 Å². The Balaban J connectivity index is 2.93. The van der Waals surface area contributed by atoms with Gasteiger partial charge >= 0.3 is 0 Å². The summed E-state index contributed by atoms with van der Waals surface area (Å²) in [4.78, 5) is 10.8. The van der Waals surface area contributed by atoms with Gasteiger partial charge in [-0.25, -0.2) is 17.2 Å². The van der Waals surface area contributed by atoms with Crippen molar-refractivity contribution in [3.05, 3.63) is 23.8 Å². The number of hydrogen-bond donors (Lipinski definition) is 1. The summed E-state index contributed by atoms with van der Waals surface area (Å²) in [5, 5.41) is 1.98. The van der Waals surface area contributed by atoms with Crippen LogP contribution in [0, 0.1) is 11.6 Å². The van der Waals surface area contributed by atoms with Crippen molar-refractivity contribution in [1.82, 2.24) is 0 Å². The minimum Gasteiger partial charge on any atom is -0.366 e. The first-order valence-electron chi connectivity index (χ1n) is 5.77. The summed E-state index contributed by atoms with van der Waals surface area (Å²) in [6.07, 6.45) is 0. The van der Waals surface area contributed by atoms with E-state index in [2.05, 4.69) is 0 Å². The van der Waals surface area contributed by atoms with Crippen LogP contribution in [0.15, 0.2) is 17.0 Å². The number of benzene rings is 1. The zero-order valence-corrected chi connectivity index (χ0v) is 13.1. The van der Waals surface area contributed by atoms with Crippen LogP contribution in [0.2, 0.25) is 0 Å². The second-order valence-corrected chi connectivity index (χ2v) is 7.71. The van der Waals surface area contributed by atoms with Gasteiger partial charge in [0.05, 0.1) is 10.5 Å². The van der Waals surface area contributed by atoms with Crippen LogP contribution < -0.4 is 5.32 Å². The van der Waals surface area contributed by atoms with Gasteiger partial charge in [0.1, 0.15) is 12.3 Å². The Morgan fingerprint density at radius 2 is 1.76 bits per heavy atom. The maximum atomic E-state index is 13.7. The molecule has 5 nitrogen and oxygen atoms in total. The van der Waals surface area contributed by atoms with Crippen LogP contribution in [0.3, 0.4) is 0 Å². The van der Waals surface area contributed by atoms with E-state index in [1.807, 2.05) is 5.32 Å². The number of ether oxygens (including phenoxy) is 1. The molecule has 0 aliphatic rings. The SMILES string of the molecule is CC(C)(C)OCC(=O)Nc1c(F)cc(S(=O)(=O)Cl)cc1F. The van der Waals surface area contributed by atoms with Gasteiger partial charge in [-0.15, -0.1) is 0 Å². The molecule has 0 saturated heterocycles. The van der Waals surface area contributed by atoms with Crippen molar-refractivity contribution in [3.63, 3.8) is 0 Å². The summed E-state index contributed by atoms with van der Waals surface area (Å²) in [6.45, 7) is 4.72. The van der Waals surface area contributed by atoms with Crippen LogP contribution in [0.5, 0.6) is 0 Å². The molecule has 0 atom stereocenters. The average molecular weight is 342 g/mol. The lowest BCUT2D eigenvalue weighted by Gasteiger charge is -2.19. The van der Waals surface area contributed by atoms with E-state index >= 15 is 0 Å². The molecule has 0 aliphatic heterocycles. The first-order chi connectivity index (χ1) is 9.40. The van der Waals surface area contributed by atoms with E-state index in [1.165, 1.54) is 0 Å². The molecule has 0 bridgehead atoms. The monoisotopic (exact) mass is 341 g/mol. The zero-order chi connectivity index (χ0) is 16.4. The van der Waals surface area contributed by atoms with Gasteiger partial charge in [0.25, 0.3) is 15.0 Å². The molecule has 0 unspecified atom stereocenters. The number of carbonyl (C=O) groups is 1. The summed E-state index contributed by atoms with van der Waals surface area (Å²) in [5.74, 6) is -3.28. The number of amides is 1. The van der Waals surface area contributed by atoms with Crippen LogP contribution in [-0.2, 0) is 18.6 Å². The van der Waals surface area contributed by atoms with E-state index in [0.29, 0.717) is 12.1 Å². The second-order valence-electron chi connectivity index (χ2n) is 5.15. The molecule has 0 spiro atoms. The Hall–Kier alpha value is -1.25. The normalized spacial score (nSPS) is 12.3. The topological polar surface area (TPSA) is 72.5 Å². The summed E-state index contributed by atoms with van der Waals surface area (Å²) in [5.41, 5.74) is -1.35. The highest BCUT2D eigenvalue weighted by atomic mass is 35.7. The summed E-state index contributed by atoms with van der Waals surface area (Å²) in [7, 11) is 0.724. The van der Waals surface area contributed by atoms with Gasteiger partial charge < -0.3 is 10.1 Å². The fourth-order valence-corrected chi connectivity index (χ4v) is 2.02. The quantitative estimate of drug-likeness (QED) is 0.854. The van der Waals surface area contributed by atoms with Crippen molar-refractivity contribution >= 4 is 31.3 Å². The van der Waals surface area contributed by atoms with Gasteiger partial charge in [-0.1, -0.05) is 0 Å². The molecule has 0 aromatic heterocycles. The number of anilines is 1. The fraction of sp³-hybridized carbons (Fsp3) is 0.417. The molecule has 9 heteroatoms. The van der Waals surface area contributed by atoms with Gasteiger partial charge in [0.2, 0.25) is 0 Å². The number of hydrogen-bond acceptors (Lipinski definition) is 4. The third kappa shape index (κ3) is 5.56. The summed E-state index contributed by atoms with van der Waals surface area (Å²) < 4.78 is 54.5. The van der Waals surface area contributed by atoms with E-state index in [4.69, 9.17) is 15.4 Å². The molecule has 0 heterocycles. The molecule has 1 N–H and O–H groups in total. The lowest BCUT2D eigenvalue weighted by atomic mass is 10.2. The van der Waals surface area contributed by atoms with Gasteiger partial charge in [0.15, 0.2) is 11.6 Å². The molecule has 1 aromatic rings. The molecule has 1 rings (SSSR count). The minimum absolute atomic E-state index is 0.405. The van der Waals surface area contributed by atoms with Crippen LogP contribution in [0.4, 0.5) is 14.5 Å². The third-order valence-electron chi connectivity index (χ3n) is 2.20. The van der Waals surface area contributed by atoms with Crippen molar-refractivity contribution in [2.75, 3.05) is 11.9 Å². The molecule has 1 amide bonds. The van der Waals surface area contributed by atoms with Gasteiger partial charge in [0, 0.05) is 10.7 Å². The van der Waals surface area contributed by atoms with E-state index in [9.17, 15) is 22.0 Å². The van der Waals surface area contributed by atoms with Crippen molar-refractivity contribution in [3.8, 4) is 0 Å². The summed E-state index contributed by atoms with van der Waals surface area (Å²) in [6, 6.07) is 1.04. The zero-order valence-electron chi connectivity index (χ0n) is 11.5. The van der Waals surface area contributed by atoms with E-state index in [0.717, 1.165) is 0 Å². The minimum atomic E-state index is -4.27. The first kappa shape index (κ1) is 17.8. The summed E-state index contributed by atoms with van der Waals surface area (Å²) >= 11 is 0. The highest BCUT2D eigenvalue weighted by Gasteiger charge is 2.20. The predicted octanol–water partition coefficient (Wildman–Crippen LogP) is 2.65.